The molecular formula is C17H24N4. The number of benzene rings is 1. The van der Waals surface area contributed by atoms with Crippen LogP contribution in [0.2, 0.25) is 0 Å². The minimum absolute atomic E-state index is 0.398. The summed E-state index contributed by atoms with van der Waals surface area (Å²) in [6.07, 6.45) is 2.05. The van der Waals surface area contributed by atoms with Crippen molar-refractivity contribution in [3.05, 3.63) is 41.7 Å². The minimum atomic E-state index is 0.398. The highest BCUT2D eigenvalue weighted by molar-refractivity contribution is 5.62. The molecule has 0 aliphatic rings. The number of anilines is 3. The Morgan fingerprint density at radius 2 is 1.81 bits per heavy atom. The maximum atomic E-state index is 4.48. The Morgan fingerprint density at radius 3 is 2.52 bits per heavy atom. The molecule has 1 aromatic heterocycles. The number of rotatable bonds is 6. The van der Waals surface area contributed by atoms with Gasteiger partial charge in [-0.05, 0) is 38.3 Å². The molecule has 1 unspecified atom stereocenters. The zero-order chi connectivity index (χ0) is 15.2. The van der Waals surface area contributed by atoms with Gasteiger partial charge in [0.1, 0.15) is 17.5 Å². The van der Waals surface area contributed by atoms with Gasteiger partial charge in [0.05, 0.1) is 0 Å². The van der Waals surface area contributed by atoms with E-state index in [1.807, 2.05) is 19.1 Å². The van der Waals surface area contributed by atoms with E-state index in [1.165, 1.54) is 5.56 Å². The Morgan fingerprint density at radius 1 is 1.10 bits per heavy atom. The van der Waals surface area contributed by atoms with Crippen molar-refractivity contribution < 1.29 is 0 Å². The molecule has 2 N–H and O–H groups in total. The van der Waals surface area contributed by atoms with Crippen LogP contribution >= 0.6 is 0 Å². The van der Waals surface area contributed by atoms with E-state index in [4.69, 9.17) is 0 Å². The highest BCUT2D eigenvalue weighted by Crippen LogP contribution is 2.21. The van der Waals surface area contributed by atoms with E-state index in [1.54, 1.807) is 0 Å². The molecule has 1 aromatic carbocycles. The Balaban J connectivity index is 2.23. The lowest BCUT2D eigenvalue weighted by atomic mass is 10.1. The van der Waals surface area contributed by atoms with Crippen LogP contribution < -0.4 is 10.6 Å². The molecule has 1 atom stereocenters. The largest absolute Gasteiger partial charge is 0.367 e. The van der Waals surface area contributed by atoms with Gasteiger partial charge in [-0.15, -0.1) is 0 Å². The summed E-state index contributed by atoms with van der Waals surface area (Å²) in [5.41, 5.74) is 2.39. The van der Waals surface area contributed by atoms with Gasteiger partial charge in [0.15, 0.2) is 0 Å². The zero-order valence-electron chi connectivity index (χ0n) is 13.3. The first-order chi connectivity index (χ1) is 10.1. The first kappa shape index (κ1) is 15.3. The maximum Gasteiger partial charge on any atom is 0.136 e. The van der Waals surface area contributed by atoms with E-state index < -0.39 is 0 Å². The van der Waals surface area contributed by atoms with Crippen LogP contribution in [0.3, 0.4) is 0 Å². The van der Waals surface area contributed by atoms with E-state index in [-0.39, 0.29) is 0 Å². The molecule has 0 aliphatic carbocycles. The van der Waals surface area contributed by atoms with Crippen molar-refractivity contribution in [3.63, 3.8) is 0 Å². The molecule has 0 aliphatic heterocycles. The van der Waals surface area contributed by atoms with Crippen LogP contribution in [0.5, 0.6) is 0 Å². The first-order valence-corrected chi connectivity index (χ1v) is 7.59. The molecule has 1 heterocycles. The second-order valence-electron chi connectivity index (χ2n) is 5.27. The van der Waals surface area contributed by atoms with Crippen molar-refractivity contribution in [1.82, 2.24) is 9.97 Å². The number of nitrogens with zero attached hydrogens (tertiary/aromatic N) is 2. The average molecular weight is 284 g/mol. The number of aryl methyl sites for hydroxylation is 2. The lowest BCUT2D eigenvalue weighted by molar-refractivity contribution is 0.757. The molecule has 0 amide bonds. The predicted octanol–water partition coefficient (Wildman–Crippen LogP) is 4.30. The summed E-state index contributed by atoms with van der Waals surface area (Å²) >= 11 is 0. The Hall–Kier alpha value is -2.10. The van der Waals surface area contributed by atoms with E-state index in [2.05, 4.69) is 59.6 Å². The fourth-order valence-corrected chi connectivity index (χ4v) is 2.15. The van der Waals surface area contributed by atoms with Crippen molar-refractivity contribution >= 4 is 17.3 Å². The molecule has 0 bridgehead atoms. The molecule has 0 fully saturated rings. The van der Waals surface area contributed by atoms with Gasteiger partial charge in [-0.3, -0.25) is 0 Å². The highest BCUT2D eigenvalue weighted by Gasteiger charge is 2.06. The molecular weight excluding hydrogens is 260 g/mol. The SMILES string of the molecule is CCc1ccccc1Nc1cc(NC(C)CC)nc(C)n1. The zero-order valence-corrected chi connectivity index (χ0v) is 13.3. The average Bonchev–Trinajstić information content (AvgIpc) is 2.47. The number of aromatic nitrogens is 2. The van der Waals surface area contributed by atoms with Gasteiger partial charge >= 0.3 is 0 Å². The van der Waals surface area contributed by atoms with Crippen molar-refractivity contribution in [2.75, 3.05) is 10.6 Å². The topological polar surface area (TPSA) is 49.8 Å². The lowest BCUT2D eigenvalue weighted by Crippen LogP contribution is -2.15. The van der Waals surface area contributed by atoms with Crippen molar-refractivity contribution in [2.45, 2.75) is 46.6 Å². The third kappa shape index (κ3) is 4.18. The highest BCUT2D eigenvalue weighted by atomic mass is 15.1. The van der Waals surface area contributed by atoms with E-state index in [0.29, 0.717) is 6.04 Å². The van der Waals surface area contributed by atoms with Gasteiger partial charge < -0.3 is 10.6 Å². The van der Waals surface area contributed by atoms with Crippen LogP contribution in [0.1, 0.15) is 38.6 Å². The second kappa shape index (κ2) is 7.07. The van der Waals surface area contributed by atoms with E-state index in [9.17, 15) is 0 Å². The number of para-hydroxylation sites is 1. The molecule has 0 radical (unpaired) electrons. The van der Waals surface area contributed by atoms with E-state index in [0.717, 1.165) is 36.0 Å². The van der Waals surface area contributed by atoms with Crippen molar-refractivity contribution in [3.8, 4) is 0 Å². The first-order valence-electron chi connectivity index (χ1n) is 7.59. The molecule has 2 aromatic rings. The van der Waals surface area contributed by atoms with Crippen LogP contribution in [0.4, 0.5) is 17.3 Å². The lowest BCUT2D eigenvalue weighted by Gasteiger charge is -2.15. The molecule has 112 valence electrons. The summed E-state index contributed by atoms with van der Waals surface area (Å²) in [6.45, 7) is 8.37. The van der Waals surface area contributed by atoms with E-state index >= 15 is 0 Å². The summed E-state index contributed by atoms with van der Waals surface area (Å²) < 4.78 is 0. The fourth-order valence-electron chi connectivity index (χ4n) is 2.15. The van der Waals surface area contributed by atoms with Crippen LogP contribution in [0.15, 0.2) is 30.3 Å². The molecule has 4 nitrogen and oxygen atoms in total. The Kier molecular flexibility index (Phi) is 5.14. The minimum Gasteiger partial charge on any atom is -0.367 e. The molecule has 4 heteroatoms. The summed E-state index contributed by atoms with van der Waals surface area (Å²) in [7, 11) is 0. The summed E-state index contributed by atoms with van der Waals surface area (Å²) in [4.78, 5) is 8.92. The van der Waals surface area contributed by atoms with Crippen LogP contribution in [0, 0.1) is 6.92 Å². The summed E-state index contributed by atoms with van der Waals surface area (Å²) in [5, 5.41) is 6.80. The van der Waals surface area contributed by atoms with Gasteiger partial charge in [0.25, 0.3) is 0 Å². The van der Waals surface area contributed by atoms with Crippen molar-refractivity contribution in [1.29, 1.82) is 0 Å². The summed E-state index contributed by atoms with van der Waals surface area (Å²) in [6, 6.07) is 10.7. The predicted molar refractivity (Wildman–Crippen MR) is 89.2 cm³/mol. The van der Waals surface area contributed by atoms with Gasteiger partial charge in [0.2, 0.25) is 0 Å². The molecule has 0 saturated heterocycles. The molecule has 0 saturated carbocycles. The number of nitrogens with one attached hydrogen (secondary N) is 2. The van der Waals surface area contributed by atoms with Crippen LogP contribution in [-0.2, 0) is 6.42 Å². The van der Waals surface area contributed by atoms with Gasteiger partial charge in [-0.1, -0.05) is 32.0 Å². The normalized spacial score (nSPS) is 12.0. The third-order valence-electron chi connectivity index (χ3n) is 3.51. The maximum absolute atomic E-state index is 4.48. The van der Waals surface area contributed by atoms with Crippen LogP contribution in [-0.4, -0.2) is 16.0 Å². The molecule has 0 spiro atoms. The third-order valence-corrected chi connectivity index (χ3v) is 3.51. The molecule has 21 heavy (non-hydrogen) atoms. The second-order valence-corrected chi connectivity index (χ2v) is 5.27. The smallest absolute Gasteiger partial charge is 0.136 e. The van der Waals surface area contributed by atoms with Crippen LogP contribution in [0.25, 0.3) is 0 Å². The quantitative estimate of drug-likeness (QED) is 0.830. The number of hydrogen-bond donors (Lipinski definition) is 2. The fraction of sp³-hybridized carbons (Fsp3) is 0.412. The number of hydrogen-bond acceptors (Lipinski definition) is 4. The Bertz CT molecular complexity index is 595. The van der Waals surface area contributed by atoms with Gasteiger partial charge in [0, 0.05) is 17.8 Å². The molecule has 2 rings (SSSR count). The van der Waals surface area contributed by atoms with Gasteiger partial charge in [-0.25, -0.2) is 9.97 Å². The Labute approximate surface area is 127 Å². The monoisotopic (exact) mass is 284 g/mol. The standard InChI is InChI=1S/C17H24N4/c1-5-12(3)18-16-11-17(20-13(4)19-16)21-15-10-8-7-9-14(15)6-2/h7-12H,5-6H2,1-4H3,(H2,18,19,20,21). The van der Waals surface area contributed by atoms with Crippen molar-refractivity contribution in [2.24, 2.45) is 0 Å². The summed E-state index contributed by atoms with van der Waals surface area (Å²) in [5.74, 6) is 2.46. The van der Waals surface area contributed by atoms with Gasteiger partial charge in [-0.2, -0.15) is 0 Å².